The van der Waals surface area contributed by atoms with Gasteiger partial charge >= 0.3 is 5.97 Å². The number of carboxylic acid groups (broad SMARTS) is 1. The van der Waals surface area contributed by atoms with Crippen molar-refractivity contribution in [3.63, 3.8) is 0 Å². The van der Waals surface area contributed by atoms with Gasteiger partial charge in [0.25, 0.3) is 0 Å². The molecule has 0 aliphatic carbocycles. The number of carboxylic acids is 1. The van der Waals surface area contributed by atoms with E-state index >= 15 is 0 Å². The summed E-state index contributed by atoms with van der Waals surface area (Å²) in [5, 5.41) is 10.6. The second-order valence-electron chi connectivity index (χ2n) is 3.96. The van der Waals surface area contributed by atoms with Crippen molar-refractivity contribution < 1.29 is 23.1 Å². The fourth-order valence-corrected chi connectivity index (χ4v) is 3.75. The highest BCUT2D eigenvalue weighted by molar-refractivity contribution is 8.01. The van der Waals surface area contributed by atoms with Crippen LogP contribution >= 0.6 is 11.8 Å². The lowest BCUT2D eigenvalue weighted by Gasteiger charge is -2.11. The van der Waals surface area contributed by atoms with E-state index in [4.69, 9.17) is 5.11 Å². The Morgan fingerprint density at radius 1 is 1.53 bits per heavy atom. The Balaban J connectivity index is 2.29. The topological polar surface area (TPSA) is 101 Å². The molecule has 0 spiro atoms. The fraction of sp³-hybridized carbons (Fsp3) is 0.778. The van der Waals surface area contributed by atoms with Crippen molar-refractivity contribution in [1.29, 1.82) is 0 Å². The van der Waals surface area contributed by atoms with Crippen molar-refractivity contribution in [2.75, 3.05) is 17.3 Å². The van der Waals surface area contributed by atoms with Crippen LogP contribution < -0.4 is 5.32 Å². The summed E-state index contributed by atoms with van der Waals surface area (Å²) in [7, 11) is -3.00. The molecule has 6 nitrogen and oxygen atoms in total. The Morgan fingerprint density at radius 2 is 2.18 bits per heavy atom. The standard InChI is InChI=1S/C9H15NO5S2/c1-6(9(12)13)16-4-8(11)10-7-2-3-17(14,15)5-7/h6-7H,2-5H2,1H3,(H,10,11)(H,12,13). The van der Waals surface area contributed by atoms with Crippen LogP contribution in [0.25, 0.3) is 0 Å². The number of hydrogen-bond acceptors (Lipinski definition) is 5. The SMILES string of the molecule is CC(SCC(=O)NC1CCS(=O)(=O)C1)C(=O)O. The summed E-state index contributed by atoms with van der Waals surface area (Å²) in [5.74, 6) is -1.16. The molecule has 1 saturated heterocycles. The maximum absolute atomic E-state index is 11.4. The quantitative estimate of drug-likeness (QED) is 0.704. The second-order valence-corrected chi connectivity index (χ2v) is 7.52. The highest BCUT2D eigenvalue weighted by atomic mass is 32.2. The molecule has 0 aromatic carbocycles. The van der Waals surface area contributed by atoms with E-state index in [9.17, 15) is 18.0 Å². The lowest BCUT2D eigenvalue weighted by atomic mass is 10.3. The summed E-state index contributed by atoms with van der Waals surface area (Å²) < 4.78 is 22.3. The molecule has 0 saturated carbocycles. The van der Waals surface area contributed by atoms with Crippen LogP contribution in [0.3, 0.4) is 0 Å². The summed E-state index contributed by atoms with van der Waals surface area (Å²) in [6.07, 6.45) is 0.438. The maximum Gasteiger partial charge on any atom is 0.316 e. The van der Waals surface area contributed by atoms with Crippen molar-refractivity contribution in [2.24, 2.45) is 0 Å². The lowest BCUT2D eigenvalue weighted by Crippen LogP contribution is -2.37. The molecule has 0 aromatic rings. The fourth-order valence-electron chi connectivity index (χ4n) is 1.45. The van der Waals surface area contributed by atoms with E-state index in [-0.39, 0.29) is 29.2 Å². The molecule has 0 bridgehead atoms. The molecule has 0 aromatic heterocycles. The minimum absolute atomic E-state index is 0.0160. The molecular formula is C9H15NO5S2. The number of hydrogen-bond donors (Lipinski definition) is 2. The van der Waals surface area contributed by atoms with Gasteiger partial charge in [0.05, 0.1) is 22.5 Å². The number of amides is 1. The monoisotopic (exact) mass is 281 g/mol. The molecule has 1 aliphatic heterocycles. The first-order valence-corrected chi connectivity index (χ1v) is 8.01. The minimum Gasteiger partial charge on any atom is -0.480 e. The molecule has 1 aliphatic rings. The lowest BCUT2D eigenvalue weighted by molar-refractivity contribution is -0.136. The van der Waals surface area contributed by atoms with Gasteiger partial charge in [-0.3, -0.25) is 9.59 Å². The van der Waals surface area contributed by atoms with Crippen LogP contribution in [0, 0.1) is 0 Å². The first-order chi connectivity index (χ1) is 7.80. The summed E-state index contributed by atoms with van der Waals surface area (Å²) in [4.78, 5) is 21.9. The molecule has 17 heavy (non-hydrogen) atoms. The van der Waals surface area contributed by atoms with E-state index in [2.05, 4.69) is 5.32 Å². The van der Waals surface area contributed by atoms with Gasteiger partial charge in [0.2, 0.25) is 5.91 Å². The Bertz CT molecular complexity index is 406. The smallest absolute Gasteiger partial charge is 0.316 e. The Kier molecular flexibility index (Phi) is 4.81. The summed E-state index contributed by atoms with van der Waals surface area (Å²) in [5.41, 5.74) is 0. The number of sulfone groups is 1. The molecule has 1 fully saturated rings. The van der Waals surface area contributed by atoms with Crippen LogP contribution in [-0.4, -0.2) is 54.0 Å². The van der Waals surface area contributed by atoms with Crippen LogP contribution in [0.4, 0.5) is 0 Å². The molecule has 2 unspecified atom stereocenters. The summed E-state index contributed by atoms with van der Waals surface area (Å²) >= 11 is 1.01. The van der Waals surface area contributed by atoms with Crippen molar-refractivity contribution in [1.82, 2.24) is 5.32 Å². The van der Waals surface area contributed by atoms with Crippen LogP contribution in [0.1, 0.15) is 13.3 Å². The first kappa shape index (κ1) is 14.3. The van der Waals surface area contributed by atoms with Crippen molar-refractivity contribution in [2.45, 2.75) is 24.6 Å². The van der Waals surface area contributed by atoms with Crippen LogP contribution in [0.5, 0.6) is 0 Å². The van der Waals surface area contributed by atoms with E-state index in [0.717, 1.165) is 11.8 Å². The largest absolute Gasteiger partial charge is 0.480 e. The van der Waals surface area contributed by atoms with Crippen LogP contribution in [0.15, 0.2) is 0 Å². The molecule has 1 amide bonds. The third-order valence-electron chi connectivity index (χ3n) is 2.41. The molecule has 1 heterocycles. The summed E-state index contributed by atoms with van der Waals surface area (Å²) in [6.45, 7) is 1.50. The average Bonchev–Trinajstić information content (AvgIpc) is 2.54. The third-order valence-corrected chi connectivity index (χ3v) is 5.31. The number of aliphatic carboxylic acids is 1. The molecule has 0 radical (unpaired) electrons. The van der Waals surface area contributed by atoms with Gasteiger partial charge in [0.1, 0.15) is 0 Å². The van der Waals surface area contributed by atoms with Gasteiger partial charge in [0, 0.05) is 6.04 Å². The predicted octanol–water partition coefficient (Wildman–Crippen LogP) is -0.504. The molecular weight excluding hydrogens is 266 g/mol. The number of thioether (sulfide) groups is 1. The zero-order valence-corrected chi connectivity index (χ0v) is 11.0. The van der Waals surface area contributed by atoms with Crippen molar-refractivity contribution in [3.05, 3.63) is 0 Å². The zero-order valence-electron chi connectivity index (χ0n) is 9.38. The number of carbonyl (C=O) groups is 2. The maximum atomic E-state index is 11.4. The number of carbonyl (C=O) groups excluding carboxylic acids is 1. The van der Waals surface area contributed by atoms with E-state index in [1.807, 2.05) is 0 Å². The average molecular weight is 281 g/mol. The highest BCUT2D eigenvalue weighted by Crippen LogP contribution is 2.13. The van der Waals surface area contributed by atoms with Gasteiger partial charge in [-0.15, -0.1) is 11.8 Å². The molecule has 8 heteroatoms. The Labute approximate surface area is 104 Å². The van der Waals surface area contributed by atoms with E-state index < -0.39 is 21.1 Å². The van der Waals surface area contributed by atoms with Crippen LogP contribution in [-0.2, 0) is 19.4 Å². The predicted molar refractivity (Wildman–Crippen MR) is 64.8 cm³/mol. The van der Waals surface area contributed by atoms with Gasteiger partial charge in [-0.2, -0.15) is 0 Å². The molecule has 2 atom stereocenters. The van der Waals surface area contributed by atoms with Gasteiger partial charge in [-0.1, -0.05) is 0 Å². The second kappa shape index (κ2) is 5.72. The first-order valence-electron chi connectivity index (χ1n) is 5.14. The van der Waals surface area contributed by atoms with E-state index in [0.29, 0.717) is 6.42 Å². The Hall–Kier alpha value is -0.760. The number of nitrogens with one attached hydrogen (secondary N) is 1. The van der Waals surface area contributed by atoms with Gasteiger partial charge in [-0.25, -0.2) is 8.42 Å². The third kappa shape index (κ3) is 4.95. The highest BCUT2D eigenvalue weighted by Gasteiger charge is 2.28. The normalized spacial score (nSPS) is 24.2. The van der Waals surface area contributed by atoms with Gasteiger partial charge in [-0.05, 0) is 13.3 Å². The van der Waals surface area contributed by atoms with Gasteiger partial charge < -0.3 is 10.4 Å². The van der Waals surface area contributed by atoms with Crippen LogP contribution in [0.2, 0.25) is 0 Å². The summed E-state index contributed by atoms with van der Waals surface area (Å²) in [6, 6.07) is -0.326. The molecule has 98 valence electrons. The Morgan fingerprint density at radius 3 is 2.65 bits per heavy atom. The van der Waals surface area contributed by atoms with Gasteiger partial charge in [0.15, 0.2) is 9.84 Å². The van der Waals surface area contributed by atoms with E-state index in [1.165, 1.54) is 6.92 Å². The molecule has 1 rings (SSSR count). The van der Waals surface area contributed by atoms with Crippen molar-refractivity contribution >= 4 is 33.5 Å². The van der Waals surface area contributed by atoms with Crippen molar-refractivity contribution in [3.8, 4) is 0 Å². The number of rotatable bonds is 5. The van der Waals surface area contributed by atoms with E-state index in [1.54, 1.807) is 0 Å². The zero-order chi connectivity index (χ0) is 13.1. The minimum atomic E-state index is -3.00. The molecule has 2 N–H and O–H groups in total.